The molecule has 0 saturated carbocycles. The van der Waals surface area contributed by atoms with Crippen molar-refractivity contribution in [3.8, 4) is 23.0 Å². The van der Waals surface area contributed by atoms with Gasteiger partial charge in [-0.25, -0.2) is 9.97 Å². The van der Waals surface area contributed by atoms with Crippen LogP contribution in [0.15, 0.2) is 47.0 Å². The molecule has 0 spiro atoms. The van der Waals surface area contributed by atoms with Gasteiger partial charge in [-0.05, 0) is 48.9 Å². The van der Waals surface area contributed by atoms with Crippen molar-refractivity contribution in [3.63, 3.8) is 0 Å². The monoisotopic (exact) mass is 342 g/mol. The summed E-state index contributed by atoms with van der Waals surface area (Å²) in [6.45, 7) is -1.10. The van der Waals surface area contributed by atoms with Gasteiger partial charge in [0, 0.05) is 10.9 Å². The van der Waals surface area contributed by atoms with E-state index in [0.29, 0.717) is 27.9 Å². The summed E-state index contributed by atoms with van der Waals surface area (Å²) in [7, 11) is 0. The Bertz CT molecular complexity index is 1090. The summed E-state index contributed by atoms with van der Waals surface area (Å²) >= 11 is 0. The minimum Gasteiger partial charge on any atom is -0.508 e. The quantitative estimate of drug-likeness (QED) is 0.586. The molecule has 0 aliphatic heterocycles. The van der Waals surface area contributed by atoms with Crippen molar-refractivity contribution in [2.45, 2.75) is 13.5 Å². The number of phenols is 1. The third kappa shape index (κ3) is 2.84. The van der Waals surface area contributed by atoms with E-state index in [2.05, 4.69) is 14.7 Å². The van der Waals surface area contributed by atoms with Crippen molar-refractivity contribution in [1.29, 1.82) is 0 Å². The molecule has 7 heteroatoms. The first-order chi connectivity index (χ1) is 12.0. The Balaban J connectivity index is 1.90. The van der Waals surface area contributed by atoms with Crippen LogP contribution in [0.4, 0.5) is 8.78 Å². The molecule has 126 valence electrons. The second kappa shape index (κ2) is 5.70. The number of hydrogen-bond acceptors (Lipinski definition) is 5. The second-order valence-electron chi connectivity index (χ2n) is 5.60. The Morgan fingerprint density at radius 2 is 2.00 bits per heavy atom. The Labute approximate surface area is 140 Å². The van der Waals surface area contributed by atoms with Crippen molar-refractivity contribution in [2.24, 2.45) is 0 Å². The summed E-state index contributed by atoms with van der Waals surface area (Å²) in [6, 6.07) is 10.2. The first-order valence-corrected chi connectivity index (χ1v) is 7.45. The smallest absolute Gasteiger partial charge is 0.388 e. The number of halogens is 2. The van der Waals surface area contributed by atoms with Crippen molar-refractivity contribution >= 4 is 22.0 Å². The van der Waals surface area contributed by atoms with Gasteiger partial charge in [-0.2, -0.15) is 8.78 Å². The van der Waals surface area contributed by atoms with E-state index in [-0.39, 0.29) is 11.6 Å². The lowest BCUT2D eigenvalue weighted by atomic mass is 10.1. The molecule has 1 N–H and O–H groups in total. The molecule has 0 aliphatic rings. The molecular formula is C18H12F2N2O3. The molecule has 5 nitrogen and oxygen atoms in total. The Hall–Kier alpha value is -3.22. The van der Waals surface area contributed by atoms with Gasteiger partial charge in [-0.15, -0.1) is 0 Å². The van der Waals surface area contributed by atoms with Gasteiger partial charge in [0.2, 0.25) is 5.88 Å². The minimum atomic E-state index is -2.96. The van der Waals surface area contributed by atoms with Gasteiger partial charge >= 0.3 is 6.61 Å². The zero-order chi connectivity index (χ0) is 17.6. The van der Waals surface area contributed by atoms with Crippen LogP contribution in [0.25, 0.3) is 33.3 Å². The van der Waals surface area contributed by atoms with Gasteiger partial charge in [0.05, 0.1) is 17.2 Å². The van der Waals surface area contributed by atoms with E-state index in [4.69, 9.17) is 4.42 Å². The van der Waals surface area contributed by atoms with Crippen LogP contribution in [-0.2, 0) is 0 Å². The highest BCUT2D eigenvalue weighted by atomic mass is 19.3. The topological polar surface area (TPSA) is 68.4 Å². The second-order valence-corrected chi connectivity index (χ2v) is 5.60. The SMILES string of the molecule is Cc1cc(-c2cc3cc(O)ccc3o2)c2ncc(OC(F)F)nc2c1. The van der Waals surface area contributed by atoms with Crippen LogP contribution < -0.4 is 4.74 Å². The predicted molar refractivity (Wildman–Crippen MR) is 87.8 cm³/mol. The normalized spacial score (nSPS) is 11.5. The van der Waals surface area contributed by atoms with E-state index in [1.54, 1.807) is 24.3 Å². The standard InChI is InChI=1S/C18H12F2N2O3/c1-9-4-12(15-7-10-6-11(23)2-3-14(10)24-15)17-13(5-9)22-16(8-21-17)25-18(19)20/h2-8,18,23H,1H3. The fourth-order valence-corrected chi connectivity index (χ4v) is 2.75. The summed E-state index contributed by atoms with van der Waals surface area (Å²) in [4.78, 5) is 8.29. The van der Waals surface area contributed by atoms with Gasteiger partial charge in [0.15, 0.2) is 0 Å². The Morgan fingerprint density at radius 1 is 1.16 bits per heavy atom. The molecule has 0 atom stereocenters. The van der Waals surface area contributed by atoms with E-state index in [1.807, 2.05) is 13.0 Å². The van der Waals surface area contributed by atoms with Crippen LogP contribution in [0.1, 0.15) is 5.56 Å². The summed E-state index contributed by atoms with van der Waals surface area (Å²) in [5.74, 6) is 0.447. The number of aromatic nitrogens is 2. The summed E-state index contributed by atoms with van der Waals surface area (Å²) < 4.78 is 34.9. The van der Waals surface area contributed by atoms with Crippen LogP contribution in [0.5, 0.6) is 11.6 Å². The van der Waals surface area contributed by atoms with Crippen molar-refractivity contribution in [2.75, 3.05) is 0 Å². The fraction of sp³-hybridized carbons (Fsp3) is 0.111. The van der Waals surface area contributed by atoms with Crippen LogP contribution in [0.2, 0.25) is 0 Å². The zero-order valence-electron chi connectivity index (χ0n) is 13.0. The molecule has 2 aromatic heterocycles. The average Bonchev–Trinajstić information content (AvgIpc) is 2.96. The van der Waals surface area contributed by atoms with Gasteiger partial charge < -0.3 is 14.3 Å². The number of furan rings is 1. The van der Waals surface area contributed by atoms with E-state index < -0.39 is 6.61 Å². The van der Waals surface area contributed by atoms with Gasteiger partial charge in [0.1, 0.15) is 17.1 Å². The number of aryl methyl sites for hydroxylation is 1. The van der Waals surface area contributed by atoms with Gasteiger partial charge in [-0.3, -0.25) is 0 Å². The lowest BCUT2D eigenvalue weighted by Crippen LogP contribution is -2.04. The summed E-state index contributed by atoms with van der Waals surface area (Å²) in [6.07, 6.45) is 1.15. The maximum atomic E-state index is 12.4. The van der Waals surface area contributed by atoms with Crippen molar-refractivity contribution in [1.82, 2.24) is 9.97 Å². The molecule has 0 aliphatic carbocycles. The summed E-state index contributed by atoms with van der Waals surface area (Å²) in [5.41, 5.74) is 3.11. The van der Waals surface area contributed by atoms with Crippen LogP contribution in [0.3, 0.4) is 0 Å². The average molecular weight is 342 g/mol. The largest absolute Gasteiger partial charge is 0.508 e. The summed E-state index contributed by atoms with van der Waals surface area (Å²) in [5, 5.41) is 10.3. The van der Waals surface area contributed by atoms with Gasteiger partial charge in [0.25, 0.3) is 0 Å². The maximum Gasteiger partial charge on any atom is 0.388 e. The number of ether oxygens (including phenoxy) is 1. The third-order valence-electron chi connectivity index (χ3n) is 3.74. The number of phenolic OH excluding ortho intramolecular Hbond substituents is 1. The van der Waals surface area contributed by atoms with Crippen LogP contribution in [0, 0.1) is 6.92 Å². The van der Waals surface area contributed by atoms with Crippen LogP contribution in [-0.4, -0.2) is 21.7 Å². The number of fused-ring (bicyclic) bond motifs is 2. The van der Waals surface area contributed by atoms with Gasteiger partial charge in [-0.1, -0.05) is 0 Å². The Morgan fingerprint density at radius 3 is 2.80 bits per heavy atom. The molecule has 0 radical (unpaired) electrons. The Kier molecular flexibility index (Phi) is 3.49. The lowest BCUT2D eigenvalue weighted by Gasteiger charge is -2.07. The van der Waals surface area contributed by atoms with E-state index in [1.165, 1.54) is 6.07 Å². The molecule has 4 rings (SSSR count). The van der Waals surface area contributed by atoms with E-state index in [0.717, 1.165) is 17.1 Å². The number of aromatic hydroxyl groups is 1. The highest BCUT2D eigenvalue weighted by molar-refractivity contribution is 5.94. The van der Waals surface area contributed by atoms with Crippen LogP contribution >= 0.6 is 0 Å². The fourth-order valence-electron chi connectivity index (χ4n) is 2.75. The molecular weight excluding hydrogens is 330 g/mol. The number of rotatable bonds is 3. The number of nitrogens with zero attached hydrogens (tertiary/aromatic N) is 2. The first-order valence-electron chi connectivity index (χ1n) is 7.45. The number of hydrogen-bond donors (Lipinski definition) is 1. The lowest BCUT2D eigenvalue weighted by molar-refractivity contribution is -0.0528. The molecule has 2 aromatic carbocycles. The number of alkyl halides is 2. The third-order valence-corrected chi connectivity index (χ3v) is 3.74. The van der Waals surface area contributed by atoms with Crippen molar-refractivity contribution < 1.29 is 23.0 Å². The highest BCUT2D eigenvalue weighted by Crippen LogP contribution is 2.34. The molecule has 25 heavy (non-hydrogen) atoms. The molecule has 4 aromatic rings. The molecule has 0 bridgehead atoms. The maximum absolute atomic E-state index is 12.4. The number of benzene rings is 2. The molecule has 0 amide bonds. The molecule has 0 fully saturated rings. The molecule has 2 heterocycles. The molecule has 0 saturated heterocycles. The van der Waals surface area contributed by atoms with E-state index >= 15 is 0 Å². The zero-order valence-corrected chi connectivity index (χ0v) is 13.0. The first kappa shape index (κ1) is 15.3. The highest BCUT2D eigenvalue weighted by Gasteiger charge is 2.14. The van der Waals surface area contributed by atoms with Crippen molar-refractivity contribution in [3.05, 3.63) is 48.2 Å². The molecule has 0 unspecified atom stereocenters. The predicted octanol–water partition coefficient (Wildman–Crippen LogP) is 4.66. The van der Waals surface area contributed by atoms with E-state index in [9.17, 15) is 13.9 Å². The minimum absolute atomic E-state index is 0.141.